The number of unbranched alkanes of at least 4 members (excludes halogenated alkanes) is 22. The second kappa shape index (κ2) is 51.3. The minimum absolute atomic E-state index is 0.193. The van der Waals surface area contributed by atoms with Crippen LogP contribution in [0.4, 0.5) is 0 Å². The topological polar surface area (TPSA) is 149 Å². The molecule has 0 aromatic rings. The second-order valence-corrected chi connectivity index (χ2v) is 19.7. The molecule has 0 saturated carbocycles. The van der Waals surface area contributed by atoms with E-state index in [0.717, 1.165) is 83.5 Å². The highest BCUT2D eigenvalue weighted by Crippen LogP contribution is 2.23. The number of carbonyl (C=O) groups excluding carboxylic acids is 1. The first-order valence-corrected chi connectivity index (χ1v) is 29.1. The minimum atomic E-state index is -1.58. The smallest absolute Gasteiger partial charge is 0.220 e. The van der Waals surface area contributed by atoms with Crippen molar-refractivity contribution in [1.82, 2.24) is 5.32 Å². The van der Waals surface area contributed by atoms with E-state index in [-0.39, 0.29) is 12.5 Å². The molecule has 0 spiro atoms. The van der Waals surface area contributed by atoms with Crippen molar-refractivity contribution >= 4 is 5.91 Å². The zero-order chi connectivity index (χ0) is 52.2. The highest BCUT2D eigenvalue weighted by Gasteiger charge is 2.44. The largest absolute Gasteiger partial charge is 0.394 e. The van der Waals surface area contributed by atoms with Crippen LogP contribution in [0.1, 0.15) is 226 Å². The van der Waals surface area contributed by atoms with Crippen LogP contribution in [-0.2, 0) is 14.3 Å². The van der Waals surface area contributed by atoms with Gasteiger partial charge in [0.05, 0.1) is 25.4 Å². The van der Waals surface area contributed by atoms with E-state index in [9.17, 15) is 30.3 Å². The summed E-state index contributed by atoms with van der Waals surface area (Å²) in [5.41, 5.74) is 0. The lowest BCUT2D eigenvalue weighted by Crippen LogP contribution is -2.60. The first-order valence-electron chi connectivity index (χ1n) is 29.1. The van der Waals surface area contributed by atoms with Crippen molar-refractivity contribution in [2.45, 2.75) is 269 Å². The maximum Gasteiger partial charge on any atom is 0.220 e. The SMILES string of the molecule is CC/C=C\C/C=C\C/C=C\C/C=C\C/C=C\C/C=C\C/C=C\CCCCCCCCCCCCCCCC(=O)NC(COC1OC(CO)C(O)C(O)C1O)C(O)/C=C/CC/C=C/CCCCCCCCCC. The van der Waals surface area contributed by atoms with Gasteiger partial charge < -0.3 is 40.3 Å². The van der Waals surface area contributed by atoms with Gasteiger partial charge in [-0.25, -0.2) is 0 Å². The van der Waals surface area contributed by atoms with E-state index in [1.165, 1.54) is 122 Å². The molecule has 72 heavy (non-hydrogen) atoms. The van der Waals surface area contributed by atoms with E-state index in [4.69, 9.17) is 9.47 Å². The van der Waals surface area contributed by atoms with Crippen molar-refractivity contribution in [3.63, 3.8) is 0 Å². The summed E-state index contributed by atoms with van der Waals surface area (Å²) in [6.45, 7) is 3.63. The lowest BCUT2D eigenvalue weighted by Gasteiger charge is -2.40. The molecule has 9 heteroatoms. The zero-order valence-electron chi connectivity index (χ0n) is 45.6. The molecule has 1 amide bonds. The van der Waals surface area contributed by atoms with Gasteiger partial charge in [0.2, 0.25) is 5.91 Å². The van der Waals surface area contributed by atoms with Crippen LogP contribution in [-0.4, -0.2) is 87.5 Å². The average molecular weight is 1010 g/mol. The summed E-state index contributed by atoms with van der Waals surface area (Å²) in [6.07, 6.45) is 68.7. The van der Waals surface area contributed by atoms with Crippen LogP contribution in [0.5, 0.6) is 0 Å². The van der Waals surface area contributed by atoms with Gasteiger partial charge in [0.25, 0.3) is 0 Å². The molecule has 6 N–H and O–H groups in total. The first-order chi connectivity index (χ1) is 35.3. The lowest BCUT2D eigenvalue weighted by atomic mass is 9.99. The number of hydrogen-bond acceptors (Lipinski definition) is 8. The molecule has 412 valence electrons. The van der Waals surface area contributed by atoms with Gasteiger partial charge >= 0.3 is 0 Å². The molecule has 1 aliphatic heterocycles. The Bertz CT molecular complexity index is 1490. The Kier molecular flexibility index (Phi) is 47.7. The lowest BCUT2D eigenvalue weighted by molar-refractivity contribution is -0.302. The fourth-order valence-corrected chi connectivity index (χ4v) is 8.51. The Morgan fingerprint density at radius 2 is 0.875 bits per heavy atom. The van der Waals surface area contributed by atoms with E-state index in [0.29, 0.717) is 6.42 Å². The number of carbonyl (C=O) groups is 1. The Balaban J connectivity index is 2.16. The molecule has 1 fully saturated rings. The van der Waals surface area contributed by atoms with Gasteiger partial charge in [-0.05, 0) is 89.9 Å². The predicted molar refractivity (Wildman–Crippen MR) is 304 cm³/mol. The van der Waals surface area contributed by atoms with Crippen LogP contribution in [0.25, 0.3) is 0 Å². The van der Waals surface area contributed by atoms with Gasteiger partial charge in [-0.15, -0.1) is 0 Å². The zero-order valence-corrected chi connectivity index (χ0v) is 45.6. The Morgan fingerprint density at radius 3 is 1.33 bits per heavy atom. The Hall–Kier alpha value is -3.15. The van der Waals surface area contributed by atoms with Gasteiger partial charge in [-0.1, -0.05) is 239 Å². The Morgan fingerprint density at radius 1 is 0.486 bits per heavy atom. The summed E-state index contributed by atoms with van der Waals surface area (Å²) in [6, 6.07) is -0.828. The summed E-state index contributed by atoms with van der Waals surface area (Å²) in [5.74, 6) is -0.193. The number of amides is 1. The summed E-state index contributed by atoms with van der Waals surface area (Å²) in [4.78, 5) is 13.0. The van der Waals surface area contributed by atoms with Crippen molar-refractivity contribution in [3.05, 3.63) is 109 Å². The van der Waals surface area contributed by atoms with Gasteiger partial charge in [0.1, 0.15) is 24.4 Å². The monoisotopic (exact) mass is 1010 g/mol. The van der Waals surface area contributed by atoms with Crippen LogP contribution < -0.4 is 5.32 Å². The summed E-state index contributed by atoms with van der Waals surface area (Å²) >= 11 is 0. The quantitative estimate of drug-likeness (QED) is 0.0261. The summed E-state index contributed by atoms with van der Waals surface area (Å²) in [7, 11) is 0. The van der Waals surface area contributed by atoms with Crippen LogP contribution in [0.2, 0.25) is 0 Å². The van der Waals surface area contributed by atoms with Crippen LogP contribution >= 0.6 is 0 Å². The third-order valence-electron chi connectivity index (χ3n) is 13.1. The maximum atomic E-state index is 13.0. The molecule has 0 aliphatic carbocycles. The second-order valence-electron chi connectivity index (χ2n) is 19.7. The molecule has 1 saturated heterocycles. The van der Waals surface area contributed by atoms with Gasteiger partial charge in [-0.3, -0.25) is 4.79 Å². The van der Waals surface area contributed by atoms with E-state index >= 15 is 0 Å². The molecule has 1 rings (SSSR count). The van der Waals surface area contributed by atoms with Crippen molar-refractivity contribution in [2.75, 3.05) is 13.2 Å². The highest BCUT2D eigenvalue weighted by molar-refractivity contribution is 5.76. The number of rotatable bonds is 48. The van der Waals surface area contributed by atoms with Gasteiger partial charge in [0.15, 0.2) is 6.29 Å². The van der Waals surface area contributed by atoms with Crippen LogP contribution in [0.15, 0.2) is 109 Å². The molecular formula is C63H107NO8. The van der Waals surface area contributed by atoms with E-state index in [1.54, 1.807) is 6.08 Å². The normalized spacial score (nSPS) is 20.0. The van der Waals surface area contributed by atoms with Crippen molar-refractivity contribution in [1.29, 1.82) is 0 Å². The molecule has 7 unspecified atom stereocenters. The number of ether oxygens (including phenoxy) is 2. The van der Waals surface area contributed by atoms with Crippen LogP contribution in [0.3, 0.4) is 0 Å². The highest BCUT2D eigenvalue weighted by atomic mass is 16.7. The molecule has 0 bridgehead atoms. The van der Waals surface area contributed by atoms with Gasteiger partial charge in [-0.2, -0.15) is 0 Å². The third-order valence-corrected chi connectivity index (χ3v) is 13.1. The molecule has 0 aromatic heterocycles. The van der Waals surface area contributed by atoms with E-state index in [2.05, 4.69) is 116 Å². The van der Waals surface area contributed by atoms with E-state index < -0.39 is 49.5 Å². The number of allylic oxidation sites excluding steroid dienone is 17. The van der Waals surface area contributed by atoms with Crippen LogP contribution in [0, 0.1) is 0 Å². The molecular weight excluding hydrogens is 899 g/mol. The van der Waals surface area contributed by atoms with Crippen molar-refractivity contribution < 1.29 is 39.8 Å². The number of aliphatic hydroxyl groups excluding tert-OH is 5. The van der Waals surface area contributed by atoms with E-state index in [1.807, 2.05) is 6.08 Å². The standard InChI is InChI=1S/C63H107NO8/c1-3-5-7-9-11-13-15-17-19-20-21-22-23-24-25-26-27-28-29-30-31-32-33-34-35-36-37-38-39-41-43-45-47-49-51-53-59(67)64-56(55-71-63-62(70)61(69)60(68)58(54-65)72-63)57(66)52-50-48-46-44-42-40-18-16-14-12-10-8-6-4-2/h5,7,11,13,17,19,21-22,24-25,27-28,30-31,42,44,50,52,56-58,60-63,65-66,68-70H,3-4,6,8-10,12,14-16,18,20,23,26,29,32-41,43,45-49,51,53-55H2,1-2H3,(H,64,67)/b7-5-,13-11-,19-17-,22-21-,25-24-,28-27-,31-30-,44-42+,52-50+. The number of hydrogen-bond donors (Lipinski definition) is 6. The Labute approximate surface area is 440 Å². The average Bonchev–Trinajstić information content (AvgIpc) is 3.38. The molecule has 7 atom stereocenters. The van der Waals surface area contributed by atoms with Crippen molar-refractivity contribution in [3.8, 4) is 0 Å². The molecule has 0 aromatic carbocycles. The first kappa shape index (κ1) is 66.9. The molecule has 1 aliphatic rings. The fraction of sp³-hybridized carbons (Fsp3) is 0.698. The minimum Gasteiger partial charge on any atom is -0.394 e. The maximum absolute atomic E-state index is 13.0. The predicted octanol–water partition coefficient (Wildman–Crippen LogP) is 14.6. The molecule has 0 radical (unpaired) electrons. The third kappa shape index (κ3) is 40.3. The summed E-state index contributed by atoms with van der Waals surface area (Å²) in [5, 5.41) is 54.4. The molecule has 1 heterocycles. The van der Waals surface area contributed by atoms with Gasteiger partial charge in [0, 0.05) is 6.42 Å². The summed E-state index contributed by atoms with van der Waals surface area (Å²) < 4.78 is 11.2. The number of aliphatic hydroxyl groups is 5. The number of nitrogens with one attached hydrogen (secondary N) is 1. The van der Waals surface area contributed by atoms with Crippen molar-refractivity contribution in [2.24, 2.45) is 0 Å². The molecule has 9 nitrogen and oxygen atoms in total. The fourth-order valence-electron chi connectivity index (χ4n) is 8.51.